The van der Waals surface area contributed by atoms with Crippen molar-refractivity contribution in [3.05, 3.63) is 23.8 Å². The van der Waals surface area contributed by atoms with Crippen molar-refractivity contribution < 1.29 is 19.0 Å². The molecule has 0 bridgehead atoms. The number of hydrogen-bond acceptors (Lipinski definition) is 5. The van der Waals surface area contributed by atoms with Crippen molar-refractivity contribution in [3.63, 3.8) is 0 Å². The number of carbonyl (C=O) groups is 1. The van der Waals surface area contributed by atoms with Crippen LogP contribution in [0.5, 0.6) is 11.5 Å². The van der Waals surface area contributed by atoms with Crippen LogP contribution < -0.4 is 14.8 Å². The molecule has 1 aliphatic rings. The molecule has 1 heterocycles. The Balaban J connectivity index is 2.04. The summed E-state index contributed by atoms with van der Waals surface area (Å²) >= 11 is 0. The zero-order valence-corrected chi connectivity index (χ0v) is 12.1. The average molecular weight is 279 g/mol. The van der Waals surface area contributed by atoms with Crippen LogP contribution in [-0.4, -0.2) is 32.3 Å². The minimum absolute atomic E-state index is 0.233. The van der Waals surface area contributed by atoms with E-state index in [9.17, 15) is 4.79 Å². The van der Waals surface area contributed by atoms with Crippen LogP contribution in [0.3, 0.4) is 0 Å². The van der Waals surface area contributed by atoms with Gasteiger partial charge in [-0.15, -0.1) is 0 Å². The number of carbonyl (C=O) groups excluding carboxylic acids is 1. The van der Waals surface area contributed by atoms with Gasteiger partial charge >= 0.3 is 5.97 Å². The fraction of sp³-hybridized carbons (Fsp3) is 0.533. The topological polar surface area (TPSA) is 56.8 Å². The lowest BCUT2D eigenvalue weighted by atomic mass is 10.1. The van der Waals surface area contributed by atoms with Gasteiger partial charge < -0.3 is 19.5 Å². The SMILES string of the molecule is CCCNC1COc2cc(OC(C)C(=O)OC)ccc21. The summed E-state index contributed by atoms with van der Waals surface area (Å²) in [7, 11) is 1.35. The van der Waals surface area contributed by atoms with Gasteiger partial charge in [-0.05, 0) is 32.0 Å². The summed E-state index contributed by atoms with van der Waals surface area (Å²) in [6.07, 6.45) is 0.456. The van der Waals surface area contributed by atoms with E-state index in [1.807, 2.05) is 18.2 Å². The molecule has 0 saturated carbocycles. The highest BCUT2D eigenvalue weighted by Gasteiger charge is 2.24. The summed E-state index contributed by atoms with van der Waals surface area (Å²) in [5.74, 6) is 1.03. The second kappa shape index (κ2) is 6.61. The van der Waals surface area contributed by atoms with Crippen molar-refractivity contribution >= 4 is 5.97 Å². The molecule has 2 unspecified atom stereocenters. The molecule has 5 nitrogen and oxygen atoms in total. The Bertz CT molecular complexity index is 475. The first-order valence-corrected chi connectivity index (χ1v) is 6.90. The Morgan fingerprint density at radius 3 is 3.05 bits per heavy atom. The van der Waals surface area contributed by atoms with Crippen LogP contribution >= 0.6 is 0 Å². The maximum absolute atomic E-state index is 11.3. The average Bonchev–Trinajstić information content (AvgIpc) is 2.86. The van der Waals surface area contributed by atoms with Crippen molar-refractivity contribution in [2.24, 2.45) is 0 Å². The smallest absolute Gasteiger partial charge is 0.346 e. The number of rotatable bonds is 6. The van der Waals surface area contributed by atoms with Gasteiger partial charge in [0.15, 0.2) is 6.10 Å². The van der Waals surface area contributed by atoms with Gasteiger partial charge in [0.05, 0.1) is 13.2 Å². The summed E-state index contributed by atoms with van der Waals surface area (Å²) in [4.78, 5) is 11.3. The highest BCUT2D eigenvalue weighted by molar-refractivity contribution is 5.74. The van der Waals surface area contributed by atoms with E-state index in [2.05, 4.69) is 17.0 Å². The molecule has 5 heteroatoms. The summed E-state index contributed by atoms with van der Waals surface area (Å²) in [6, 6.07) is 5.89. The lowest BCUT2D eigenvalue weighted by Crippen LogP contribution is -2.24. The maximum atomic E-state index is 11.3. The molecule has 1 aliphatic heterocycles. The quantitative estimate of drug-likeness (QED) is 0.808. The van der Waals surface area contributed by atoms with E-state index in [1.54, 1.807) is 6.92 Å². The van der Waals surface area contributed by atoms with Gasteiger partial charge in [-0.3, -0.25) is 0 Å². The Kier molecular flexibility index (Phi) is 4.84. The number of benzene rings is 1. The number of ether oxygens (including phenoxy) is 3. The molecule has 0 aliphatic carbocycles. The van der Waals surface area contributed by atoms with Gasteiger partial charge in [-0.25, -0.2) is 4.79 Å². The molecule has 20 heavy (non-hydrogen) atoms. The Hall–Kier alpha value is -1.75. The molecule has 2 rings (SSSR count). The molecule has 1 N–H and O–H groups in total. The molecule has 1 aromatic carbocycles. The number of hydrogen-bond donors (Lipinski definition) is 1. The molecule has 0 aromatic heterocycles. The predicted octanol–water partition coefficient (Wildman–Crippen LogP) is 2.06. The fourth-order valence-corrected chi connectivity index (χ4v) is 2.17. The predicted molar refractivity (Wildman–Crippen MR) is 75.1 cm³/mol. The lowest BCUT2D eigenvalue weighted by Gasteiger charge is -2.13. The standard InChI is InChI=1S/C15H21NO4/c1-4-7-16-13-9-19-14-8-11(5-6-12(13)14)20-10(2)15(17)18-3/h5-6,8,10,13,16H,4,7,9H2,1-3H3. The van der Waals surface area contributed by atoms with E-state index in [0.717, 1.165) is 24.3 Å². The van der Waals surface area contributed by atoms with Crippen molar-refractivity contribution in [2.45, 2.75) is 32.4 Å². The number of methoxy groups -OCH3 is 1. The van der Waals surface area contributed by atoms with E-state index >= 15 is 0 Å². The first-order valence-electron chi connectivity index (χ1n) is 6.90. The molecule has 0 spiro atoms. The van der Waals surface area contributed by atoms with Gasteiger partial charge in [-0.1, -0.05) is 6.92 Å². The van der Waals surface area contributed by atoms with Crippen LogP contribution in [0, 0.1) is 0 Å². The number of fused-ring (bicyclic) bond motifs is 1. The Labute approximate surface area is 119 Å². The molecule has 1 aromatic rings. The zero-order valence-electron chi connectivity index (χ0n) is 12.1. The van der Waals surface area contributed by atoms with Crippen LogP contribution in [-0.2, 0) is 9.53 Å². The maximum Gasteiger partial charge on any atom is 0.346 e. The van der Waals surface area contributed by atoms with Gasteiger partial charge in [0.25, 0.3) is 0 Å². The van der Waals surface area contributed by atoms with E-state index in [4.69, 9.17) is 9.47 Å². The van der Waals surface area contributed by atoms with Crippen molar-refractivity contribution in [1.29, 1.82) is 0 Å². The van der Waals surface area contributed by atoms with E-state index < -0.39 is 12.1 Å². The normalized spacial score (nSPS) is 18.1. The van der Waals surface area contributed by atoms with Crippen molar-refractivity contribution in [2.75, 3.05) is 20.3 Å². The molecule has 110 valence electrons. The zero-order chi connectivity index (χ0) is 14.5. The summed E-state index contributed by atoms with van der Waals surface area (Å²) in [6.45, 7) is 5.39. The number of nitrogens with one attached hydrogen (secondary N) is 1. The summed E-state index contributed by atoms with van der Waals surface area (Å²) in [5.41, 5.74) is 1.14. The van der Waals surface area contributed by atoms with E-state index in [0.29, 0.717) is 12.4 Å². The van der Waals surface area contributed by atoms with Gasteiger partial charge in [0, 0.05) is 11.6 Å². The summed E-state index contributed by atoms with van der Waals surface area (Å²) < 4.78 is 15.8. The lowest BCUT2D eigenvalue weighted by molar-refractivity contribution is -0.147. The second-order valence-electron chi connectivity index (χ2n) is 4.80. The van der Waals surface area contributed by atoms with E-state index in [1.165, 1.54) is 7.11 Å². The first kappa shape index (κ1) is 14.7. The summed E-state index contributed by atoms with van der Waals surface area (Å²) in [5, 5.41) is 3.44. The molecule has 0 saturated heterocycles. The third-order valence-electron chi connectivity index (χ3n) is 3.25. The van der Waals surface area contributed by atoms with Crippen LogP contribution in [0.4, 0.5) is 0 Å². The molecular formula is C15H21NO4. The van der Waals surface area contributed by atoms with Gasteiger partial charge in [-0.2, -0.15) is 0 Å². The van der Waals surface area contributed by atoms with Crippen molar-refractivity contribution in [3.8, 4) is 11.5 Å². The van der Waals surface area contributed by atoms with Gasteiger partial charge in [0.2, 0.25) is 0 Å². The second-order valence-corrected chi connectivity index (χ2v) is 4.80. The molecule has 2 atom stereocenters. The van der Waals surface area contributed by atoms with Crippen molar-refractivity contribution in [1.82, 2.24) is 5.32 Å². The van der Waals surface area contributed by atoms with Crippen LogP contribution in [0.15, 0.2) is 18.2 Å². The first-order chi connectivity index (χ1) is 9.65. The third kappa shape index (κ3) is 3.22. The fourth-order valence-electron chi connectivity index (χ4n) is 2.17. The number of esters is 1. The minimum Gasteiger partial charge on any atom is -0.491 e. The largest absolute Gasteiger partial charge is 0.491 e. The molecule has 0 fully saturated rings. The Morgan fingerprint density at radius 2 is 2.35 bits per heavy atom. The van der Waals surface area contributed by atoms with Crippen LogP contribution in [0.1, 0.15) is 31.9 Å². The van der Waals surface area contributed by atoms with Gasteiger partial charge in [0.1, 0.15) is 18.1 Å². The monoisotopic (exact) mass is 279 g/mol. The van der Waals surface area contributed by atoms with E-state index in [-0.39, 0.29) is 6.04 Å². The highest BCUT2D eigenvalue weighted by Crippen LogP contribution is 2.35. The van der Waals surface area contributed by atoms with Crippen LogP contribution in [0.2, 0.25) is 0 Å². The van der Waals surface area contributed by atoms with Crippen LogP contribution in [0.25, 0.3) is 0 Å². The minimum atomic E-state index is -0.631. The Morgan fingerprint density at radius 1 is 1.55 bits per heavy atom. The molecule has 0 radical (unpaired) electrons. The molecule has 0 amide bonds. The third-order valence-corrected chi connectivity index (χ3v) is 3.25. The highest BCUT2D eigenvalue weighted by atomic mass is 16.6. The molecular weight excluding hydrogens is 258 g/mol.